The summed E-state index contributed by atoms with van der Waals surface area (Å²) in [5.74, 6) is -5.24. The van der Waals surface area contributed by atoms with E-state index in [1.165, 1.54) is 11.8 Å². The van der Waals surface area contributed by atoms with Gasteiger partial charge in [-0.25, -0.2) is 4.79 Å². The number of hydrogen-bond donors (Lipinski definition) is 5. The molecule has 0 aromatic heterocycles. The Bertz CT molecular complexity index is 2020. The summed E-state index contributed by atoms with van der Waals surface area (Å²) in [6, 6.07) is 23.9. The number of ether oxygens (including phenoxy) is 3. The molecule has 0 bridgehead atoms. The average Bonchev–Trinajstić information content (AvgIpc) is 3.22. The van der Waals surface area contributed by atoms with E-state index in [9.17, 15) is 33.6 Å². The highest BCUT2D eigenvalue weighted by atomic mass is 32.2. The number of hydrogen-bond acceptors (Lipinski definition) is 12. The summed E-state index contributed by atoms with van der Waals surface area (Å²) in [5, 5.41) is 10.7. The van der Waals surface area contributed by atoms with Gasteiger partial charge < -0.3 is 41.2 Å². The number of rotatable bonds is 22. The molecule has 67 heavy (non-hydrogen) atoms. The first kappa shape index (κ1) is 55.6. The van der Waals surface area contributed by atoms with E-state index in [-0.39, 0.29) is 30.9 Å². The Labute approximate surface area is 400 Å². The molecule has 16 heteroatoms. The summed E-state index contributed by atoms with van der Waals surface area (Å²) in [6.45, 7) is 18.4. The van der Waals surface area contributed by atoms with Gasteiger partial charge in [0.2, 0.25) is 23.6 Å². The topological polar surface area (TPSA) is 221 Å². The largest absolute Gasteiger partial charge is 0.460 e. The number of esters is 3. The number of amides is 4. The molecular formula is C51H71N5O10S. The average molecular weight is 946 g/mol. The molecule has 0 saturated heterocycles. The first-order chi connectivity index (χ1) is 31.2. The first-order valence-electron chi connectivity index (χ1n) is 22.6. The molecule has 0 aliphatic rings. The van der Waals surface area contributed by atoms with Crippen molar-refractivity contribution < 1.29 is 47.8 Å². The van der Waals surface area contributed by atoms with Crippen molar-refractivity contribution in [2.45, 2.75) is 148 Å². The molecule has 0 aliphatic carbocycles. The van der Waals surface area contributed by atoms with E-state index in [1.807, 2.05) is 105 Å². The Kier molecular flexibility index (Phi) is 20.6. The second-order valence-electron chi connectivity index (χ2n) is 19.7. The molecule has 366 valence electrons. The van der Waals surface area contributed by atoms with Crippen molar-refractivity contribution >= 4 is 53.3 Å². The lowest BCUT2D eigenvalue weighted by atomic mass is 9.84. The Balaban J connectivity index is 2.07. The van der Waals surface area contributed by atoms with Gasteiger partial charge in [-0.2, -0.15) is 0 Å². The number of nitrogens with one attached hydrogen (secondary N) is 4. The standard InChI is InChI=1S/C51H71N5O10S/c1-33(2)29-39(47(63)66-50(9,10)11)56-45(61)38(27-28-42(58)64-48(3,4)5)55-46(62)40(54-41(57)31-53-44(60)37(52)30-43(59)65-49(6,7)8)32-67-51(34-21-15-12-16-22-34,35-23-17-13-18-24-35)36-25-19-14-20-26-36/h12-26,33,37-40H,27-32,52H2,1-11H3,(H,53,60)(H,54,57)(H,55,62)(H,56,61)/t37-,38-,39-,40-/m0/s1. The lowest BCUT2D eigenvalue weighted by Crippen LogP contribution is -2.58. The molecule has 0 radical (unpaired) electrons. The number of nitrogens with two attached hydrogens (primary N) is 1. The Morgan fingerprint density at radius 3 is 1.45 bits per heavy atom. The lowest BCUT2D eigenvalue weighted by molar-refractivity contribution is -0.160. The van der Waals surface area contributed by atoms with Gasteiger partial charge in [0.15, 0.2) is 0 Å². The maximum absolute atomic E-state index is 14.8. The third-order valence-corrected chi connectivity index (χ3v) is 11.3. The van der Waals surface area contributed by atoms with Gasteiger partial charge in [0.1, 0.15) is 34.9 Å². The van der Waals surface area contributed by atoms with Crippen LogP contribution in [0.3, 0.4) is 0 Å². The van der Waals surface area contributed by atoms with Crippen LogP contribution < -0.4 is 27.0 Å². The smallest absolute Gasteiger partial charge is 0.329 e. The quantitative estimate of drug-likeness (QED) is 0.0455. The molecule has 0 fully saturated rings. The number of carbonyl (C=O) groups is 7. The zero-order valence-corrected chi connectivity index (χ0v) is 41.7. The van der Waals surface area contributed by atoms with E-state index < -0.39 is 100 Å². The van der Waals surface area contributed by atoms with Crippen molar-refractivity contribution in [3.63, 3.8) is 0 Å². The second-order valence-corrected chi connectivity index (χ2v) is 21.0. The van der Waals surface area contributed by atoms with Crippen LogP contribution in [0, 0.1) is 5.92 Å². The van der Waals surface area contributed by atoms with Gasteiger partial charge in [0.05, 0.1) is 23.8 Å². The fraction of sp³-hybridized carbons (Fsp3) is 0.510. The van der Waals surface area contributed by atoms with E-state index in [4.69, 9.17) is 19.9 Å². The highest BCUT2D eigenvalue weighted by molar-refractivity contribution is 8.00. The normalized spacial score (nSPS) is 13.8. The van der Waals surface area contributed by atoms with Gasteiger partial charge in [-0.3, -0.25) is 28.8 Å². The number of benzene rings is 3. The molecule has 0 unspecified atom stereocenters. The monoisotopic (exact) mass is 945 g/mol. The summed E-state index contributed by atoms with van der Waals surface area (Å²) < 4.78 is 15.5. The lowest BCUT2D eigenvalue weighted by Gasteiger charge is -2.36. The maximum atomic E-state index is 14.8. The fourth-order valence-electron chi connectivity index (χ4n) is 6.89. The minimum Gasteiger partial charge on any atom is -0.460 e. The molecule has 3 aromatic rings. The molecule has 0 heterocycles. The summed E-state index contributed by atoms with van der Waals surface area (Å²) in [5.41, 5.74) is 6.14. The highest BCUT2D eigenvalue weighted by Gasteiger charge is 2.40. The van der Waals surface area contributed by atoms with Crippen molar-refractivity contribution in [3.05, 3.63) is 108 Å². The van der Waals surface area contributed by atoms with Crippen LogP contribution in [-0.2, 0) is 52.5 Å². The van der Waals surface area contributed by atoms with Crippen molar-refractivity contribution in [1.29, 1.82) is 0 Å². The summed E-state index contributed by atoms with van der Waals surface area (Å²) in [4.78, 5) is 94.6. The highest BCUT2D eigenvalue weighted by Crippen LogP contribution is 2.48. The van der Waals surface area contributed by atoms with Crippen molar-refractivity contribution in [2.75, 3.05) is 12.3 Å². The summed E-state index contributed by atoms with van der Waals surface area (Å²) in [6.07, 6.45) is -0.726. The van der Waals surface area contributed by atoms with Crippen LogP contribution in [-0.4, -0.2) is 94.8 Å². The minimum atomic E-state index is -1.39. The minimum absolute atomic E-state index is 0.0456. The van der Waals surface area contributed by atoms with Gasteiger partial charge in [0.25, 0.3) is 0 Å². The molecule has 0 aliphatic heterocycles. The van der Waals surface area contributed by atoms with Gasteiger partial charge in [-0.05, 0) is 97.8 Å². The van der Waals surface area contributed by atoms with Gasteiger partial charge >= 0.3 is 17.9 Å². The predicted molar refractivity (Wildman–Crippen MR) is 259 cm³/mol. The van der Waals surface area contributed by atoms with Crippen LogP contribution in [0.4, 0.5) is 0 Å². The van der Waals surface area contributed by atoms with Crippen molar-refractivity contribution in [1.82, 2.24) is 21.3 Å². The molecule has 0 spiro atoms. The predicted octanol–water partition coefficient (Wildman–Crippen LogP) is 5.85. The Morgan fingerprint density at radius 1 is 0.567 bits per heavy atom. The molecule has 4 atom stereocenters. The van der Waals surface area contributed by atoms with Crippen molar-refractivity contribution in [3.8, 4) is 0 Å². The second kappa shape index (κ2) is 24.9. The third-order valence-electron chi connectivity index (χ3n) is 9.63. The zero-order valence-electron chi connectivity index (χ0n) is 40.9. The van der Waals surface area contributed by atoms with Gasteiger partial charge in [-0.1, -0.05) is 105 Å². The fourth-order valence-corrected chi connectivity index (χ4v) is 8.45. The van der Waals surface area contributed by atoms with Crippen LogP contribution in [0.25, 0.3) is 0 Å². The third kappa shape index (κ3) is 19.2. The van der Waals surface area contributed by atoms with Gasteiger partial charge in [-0.15, -0.1) is 11.8 Å². The maximum Gasteiger partial charge on any atom is 0.329 e. The summed E-state index contributed by atoms with van der Waals surface area (Å²) in [7, 11) is 0. The molecular weight excluding hydrogens is 875 g/mol. The number of carbonyl (C=O) groups excluding carboxylic acids is 7. The van der Waals surface area contributed by atoms with Crippen LogP contribution in [0.2, 0.25) is 0 Å². The van der Waals surface area contributed by atoms with E-state index in [1.54, 1.807) is 62.3 Å². The Morgan fingerprint density at radius 2 is 1.00 bits per heavy atom. The van der Waals surface area contributed by atoms with Crippen LogP contribution >= 0.6 is 11.8 Å². The van der Waals surface area contributed by atoms with E-state index in [0.29, 0.717) is 0 Å². The Hall–Kier alpha value is -5.74. The van der Waals surface area contributed by atoms with E-state index >= 15 is 0 Å². The number of thioether (sulfide) groups is 1. The molecule has 3 aromatic carbocycles. The van der Waals surface area contributed by atoms with Gasteiger partial charge in [0, 0.05) is 12.2 Å². The van der Waals surface area contributed by atoms with Crippen LogP contribution in [0.15, 0.2) is 91.0 Å². The van der Waals surface area contributed by atoms with E-state index in [0.717, 1.165) is 16.7 Å². The molecule has 4 amide bonds. The molecule has 15 nitrogen and oxygen atoms in total. The van der Waals surface area contributed by atoms with E-state index in [2.05, 4.69) is 21.3 Å². The summed E-state index contributed by atoms with van der Waals surface area (Å²) >= 11 is 1.36. The van der Waals surface area contributed by atoms with Crippen LogP contribution in [0.5, 0.6) is 0 Å². The first-order valence-corrected chi connectivity index (χ1v) is 23.6. The zero-order chi connectivity index (χ0) is 50.2. The SMILES string of the molecule is CC(C)C[C@H](NC(=O)[C@H](CCC(=O)OC(C)(C)C)NC(=O)[C@H](CSC(c1ccccc1)(c1ccccc1)c1ccccc1)NC(=O)CNC(=O)[C@@H](N)CC(=O)OC(C)(C)C)C(=O)OC(C)(C)C. The molecule has 6 N–H and O–H groups in total. The molecule has 0 saturated carbocycles. The van der Waals surface area contributed by atoms with Crippen LogP contribution in [0.1, 0.15) is 119 Å². The molecule has 3 rings (SSSR count). The van der Waals surface area contributed by atoms with Crippen molar-refractivity contribution in [2.24, 2.45) is 11.7 Å².